The fourth-order valence-corrected chi connectivity index (χ4v) is 3.68. The van der Waals surface area contributed by atoms with Crippen molar-refractivity contribution < 1.29 is 9.53 Å². The van der Waals surface area contributed by atoms with Gasteiger partial charge in [-0.25, -0.2) is 4.98 Å². The molecule has 2 atom stereocenters. The predicted molar refractivity (Wildman–Crippen MR) is 88.8 cm³/mol. The molecular weight excluding hydrogens is 298 g/mol. The van der Waals surface area contributed by atoms with Gasteiger partial charge in [-0.3, -0.25) is 4.79 Å². The average molecular weight is 325 g/mol. The summed E-state index contributed by atoms with van der Waals surface area (Å²) in [6, 6.07) is 0. The summed E-state index contributed by atoms with van der Waals surface area (Å²) in [5, 5.41) is 9.30. The number of thiazole rings is 1. The molecule has 124 valence electrons. The lowest BCUT2D eigenvalue weighted by Gasteiger charge is -2.27. The van der Waals surface area contributed by atoms with Gasteiger partial charge in [0.05, 0.1) is 12.2 Å². The highest BCUT2D eigenvalue weighted by molar-refractivity contribution is 7.09. The van der Waals surface area contributed by atoms with Crippen molar-refractivity contribution in [2.45, 2.75) is 45.8 Å². The first-order valence-electron chi connectivity index (χ1n) is 8.04. The Bertz CT molecular complexity index is 472. The summed E-state index contributed by atoms with van der Waals surface area (Å²) < 4.78 is 5.25. The summed E-state index contributed by atoms with van der Waals surface area (Å²) >= 11 is 1.58. The van der Waals surface area contributed by atoms with E-state index in [9.17, 15) is 4.79 Å². The summed E-state index contributed by atoms with van der Waals surface area (Å²) in [5.41, 5.74) is 0.909. The molecule has 1 aliphatic heterocycles. The van der Waals surface area contributed by atoms with Gasteiger partial charge in [0.15, 0.2) is 0 Å². The highest BCUT2D eigenvalue weighted by Gasteiger charge is 2.22. The van der Waals surface area contributed by atoms with E-state index >= 15 is 0 Å². The number of nitrogens with zero attached hydrogens (tertiary/aromatic N) is 1. The molecule has 1 aliphatic rings. The van der Waals surface area contributed by atoms with Crippen molar-refractivity contribution in [3.63, 3.8) is 0 Å². The molecule has 1 aromatic heterocycles. The third-order valence-electron chi connectivity index (χ3n) is 4.43. The maximum absolute atomic E-state index is 12.1. The van der Waals surface area contributed by atoms with Gasteiger partial charge in [0.1, 0.15) is 11.1 Å². The van der Waals surface area contributed by atoms with Gasteiger partial charge >= 0.3 is 0 Å². The van der Waals surface area contributed by atoms with Crippen LogP contribution in [-0.2, 0) is 16.1 Å². The Morgan fingerprint density at radius 3 is 2.91 bits per heavy atom. The fourth-order valence-electron chi connectivity index (χ4n) is 2.83. The second-order valence-corrected chi connectivity index (χ2v) is 6.99. The van der Waals surface area contributed by atoms with Gasteiger partial charge in [0.25, 0.3) is 0 Å². The Hall–Kier alpha value is -0.980. The molecule has 2 unspecified atom stereocenters. The Balaban J connectivity index is 1.74. The number of hydrogen-bond acceptors (Lipinski definition) is 5. The summed E-state index contributed by atoms with van der Waals surface area (Å²) in [6.45, 7) is 6.83. The van der Waals surface area contributed by atoms with Crippen LogP contribution in [0.15, 0.2) is 5.38 Å². The van der Waals surface area contributed by atoms with Crippen LogP contribution < -0.4 is 10.6 Å². The number of carbonyl (C=O) groups is 1. The van der Waals surface area contributed by atoms with Gasteiger partial charge in [-0.05, 0) is 44.7 Å². The summed E-state index contributed by atoms with van der Waals surface area (Å²) in [6.07, 6.45) is 2.97. The number of aromatic nitrogens is 1. The van der Waals surface area contributed by atoms with Gasteiger partial charge < -0.3 is 15.4 Å². The highest BCUT2D eigenvalue weighted by Crippen LogP contribution is 2.24. The van der Waals surface area contributed by atoms with Crippen molar-refractivity contribution in [1.82, 2.24) is 15.6 Å². The van der Waals surface area contributed by atoms with Crippen molar-refractivity contribution in [2.24, 2.45) is 11.8 Å². The van der Waals surface area contributed by atoms with Crippen molar-refractivity contribution in [2.75, 3.05) is 20.2 Å². The fraction of sp³-hybridized carbons (Fsp3) is 0.750. The van der Waals surface area contributed by atoms with Crippen LogP contribution in [-0.4, -0.2) is 31.1 Å². The van der Waals surface area contributed by atoms with Crippen molar-refractivity contribution in [3.05, 3.63) is 16.1 Å². The van der Waals surface area contributed by atoms with Crippen LogP contribution in [0.4, 0.5) is 0 Å². The predicted octanol–water partition coefficient (Wildman–Crippen LogP) is 2.49. The van der Waals surface area contributed by atoms with Crippen molar-refractivity contribution >= 4 is 17.2 Å². The van der Waals surface area contributed by atoms with Crippen LogP contribution >= 0.6 is 11.3 Å². The summed E-state index contributed by atoms with van der Waals surface area (Å²) in [5.74, 6) is 1.24. The largest absolute Gasteiger partial charge is 0.375 e. The van der Waals surface area contributed by atoms with E-state index in [1.54, 1.807) is 18.4 Å². The minimum atomic E-state index is 0.00869. The lowest BCUT2D eigenvalue weighted by Crippen LogP contribution is -2.33. The molecule has 22 heavy (non-hydrogen) atoms. The van der Waals surface area contributed by atoms with E-state index in [0.717, 1.165) is 23.8 Å². The molecule has 1 saturated heterocycles. The second-order valence-electron chi connectivity index (χ2n) is 6.10. The van der Waals surface area contributed by atoms with Crippen LogP contribution in [0, 0.1) is 11.8 Å². The average Bonchev–Trinajstić information content (AvgIpc) is 3.02. The third kappa shape index (κ3) is 5.04. The van der Waals surface area contributed by atoms with Gasteiger partial charge in [-0.2, -0.15) is 0 Å². The van der Waals surface area contributed by atoms with Crippen molar-refractivity contribution in [3.8, 4) is 0 Å². The van der Waals surface area contributed by atoms with Crippen LogP contribution in [0.1, 0.15) is 49.9 Å². The Morgan fingerprint density at radius 2 is 2.23 bits per heavy atom. The minimum Gasteiger partial charge on any atom is -0.375 e. The molecule has 1 amide bonds. The molecule has 2 heterocycles. The first-order chi connectivity index (χ1) is 10.6. The van der Waals surface area contributed by atoms with Crippen LogP contribution in [0.25, 0.3) is 0 Å². The molecule has 1 aromatic rings. The smallest absolute Gasteiger partial charge is 0.220 e. The zero-order chi connectivity index (χ0) is 15.9. The Labute approximate surface area is 136 Å². The van der Waals surface area contributed by atoms with Gasteiger partial charge in [0, 0.05) is 18.9 Å². The van der Waals surface area contributed by atoms with E-state index in [4.69, 9.17) is 4.74 Å². The number of carbonyl (C=O) groups excluding carboxylic acids is 1. The van der Waals surface area contributed by atoms with Crippen molar-refractivity contribution in [1.29, 1.82) is 0 Å². The van der Waals surface area contributed by atoms with E-state index in [2.05, 4.69) is 22.5 Å². The SMILES string of the molecule is COC(C)c1nc(CNC(=O)CC(C)C2CCNCC2)cs1. The lowest BCUT2D eigenvalue weighted by molar-refractivity contribution is -0.122. The molecule has 0 radical (unpaired) electrons. The summed E-state index contributed by atoms with van der Waals surface area (Å²) in [7, 11) is 1.68. The maximum atomic E-state index is 12.1. The van der Waals surface area contributed by atoms with Crippen LogP contribution in [0.5, 0.6) is 0 Å². The monoisotopic (exact) mass is 325 g/mol. The highest BCUT2D eigenvalue weighted by atomic mass is 32.1. The van der Waals surface area contributed by atoms with E-state index in [0.29, 0.717) is 24.8 Å². The molecule has 2 N–H and O–H groups in total. The molecule has 2 rings (SSSR count). The molecule has 6 heteroatoms. The third-order valence-corrected chi connectivity index (χ3v) is 5.49. The zero-order valence-corrected chi connectivity index (χ0v) is 14.5. The topological polar surface area (TPSA) is 63.2 Å². The van der Waals surface area contributed by atoms with E-state index < -0.39 is 0 Å². The quantitative estimate of drug-likeness (QED) is 0.808. The molecule has 0 aromatic carbocycles. The van der Waals surface area contributed by atoms with E-state index in [-0.39, 0.29) is 12.0 Å². The number of amides is 1. The molecule has 5 nitrogen and oxygen atoms in total. The Morgan fingerprint density at radius 1 is 1.50 bits per heavy atom. The molecule has 0 bridgehead atoms. The number of nitrogens with one attached hydrogen (secondary N) is 2. The Kier molecular flexibility index (Phi) is 6.79. The molecule has 1 fully saturated rings. The molecule has 0 saturated carbocycles. The van der Waals surface area contributed by atoms with Gasteiger partial charge in [0.2, 0.25) is 5.91 Å². The number of hydrogen-bond donors (Lipinski definition) is 2. The van der Waals surface area contributed by atoms with Crippen LogP contribution in [0.3, 0.4) is 0 Å². The number of ether oxygens (including phenoxy) is 1. The number of methoxy groups -OCH3 is 1. The molecular formula is C16H27N3O2S. The molecule has 0 spiro atoms. The van der Waals surface area contributed by atoms with Crippen LogP contribution in [0.2, 0.25) is 0 Å². The number of piperidine rings is 1. The normalized spacial score (nSPS) is 18.9. The second kappa shape index (κ2) is 8.60. The van der Waals surface area contributed by atoms with E-state index in [1.807, 2.05) is 12.3 Å². The minimum absolute atomic E-state index is 0.00869. The van der Waals surface area contributed by atoms with Gasteiger partial charge in [-0.15, -0.1) is 11.3 Å². The lowest BCUT2D eigenvalue weighted by atomic mass is 9.84. The maximum Gasteiger partial charge on any atom is 0.220 e. The standard InChI is InChI=1S/C16H27N3O2S/c1-11(13-4-6-17-7-5-13)8-15(20)18-9-14-10-22-16(19-14)12(2)21-3/h10-13,17H,4-9H2,1-3H3,(H,18,20). The first-order valence-corrected chi connectivity index (χ1v) is 8.92. The van der Waals surface area contributed by atoms with Gasteiger partial charge in [-0.1, -0.05) is 6.92 Å². The number of rotatable bonds is 7. The van der Waals surface area contributed by atoms with E-state index in [1.165, 1.54) is 12.8 Å². The zero-order valence-electron chi connectivity index (χ0n) is 13.7. The summed E-state index contributed by atoms with van der Waals surface area (Å²) in [4.78, 5) is 16.6. The molecule has 0 aliphatic carbocycles. The first kappa shape index (κ1) is 17.4.